The molecule has 0 aliphatic carbocycles. The van der Waals surface area contributed by atoms with Crippen molar-refractivity contribution in [2.45, 2.75) is 25.8 Å². The molecule has 1 spiro atoms. The molecule has 27 heavy (non-hydrogen) atoms. The molecular weight excluding hydrogens is 354 g/mol. The fourth-order valence-corrected chi connectivity index (χ4v) is 4.17. The molecule has 0 N–H and O–H groups in total. The zero-order valence-corrected chi connectivity index (χ0v) is 14.8. The van der Waals surface area contributed by atoms with Crippen LogP contribution in [0, 0.1) is 17.0 Å². The third-order valence-corrected chi connectivity index (χ3v) is 5.63. The Kier molecular flexibility index (Phi) is 4.45. The molecule has 4 rings (SSSR count). The lowest BCUT2D eigenvalue weighted by Gasteiger charge is -2.39. The van der Waals surface area contributed by atoms with Gasteiger partial charge >= 0.3 is 0 Å². The number of likely N-dealkylation sites (tertiary alicyclic amines) is 2. The standard InChI is InChI=1S/C20H20F2N2O3/c21-16-4-1-3-14(17(16)22)11-23-8-2-6-20(19(23)26)7-9-24(13-20)18(25)15-5-10-27-12-15/h1,3-5,10,12H,2,6-9,11,13H2/t20-/m0/s1. The van der Waals surface area contributed by atoms with Gasteiger partial charge in [0.1, 0.15) is 6.26 Å². The lowest BCUT2D eigenvalue weighted by Crippen LogP contribution is -2.50. The summed E-state index contributed by atoms with van der Waals surface area (Å²) in [4.78, 5) is 29.0. The van der Waals surface area contributed by atoms with Crippen LogP contribution in [0.1, 0.15) is 35.2 Å². The van der Waals surface area contributed by atoms with Gasteiger partial charge in [-0.1, -0.05) is 12.1 Å². The molecule has 2 aliphatic heterocycles. The zero-order chi connectivity index (χ0) is 19.0. The molecule has 5 nitrogen and oxygen atoms in total. The molecule has 2 saturated heterocycles. The van der Waals surface area contributed by atoms with Gasteiger partial charge < -0.3 is 14.2 Å². The maximum Gasteiger partial charge on any atom is 0.257 e. The molecule has 0 unspecified atom stereocenters. The molecule has 0 bridgehead atoms. The molecule has 1 aromatic heterocycles. The molecule has 2 aliphatic rings. The van der Waals surface area contributed by atoms with Crippen molar-refractivity contribution < 1.29 is 22.8 Å². The van der Waals surface area contributed by atoms with E-state index in [-0.39, 0.29) is 23.9 Å². The molecule has 1 atom stereocenters. The van der Waals surface area contributed by atoms with Crippen LogP contribution in [0.15, 0.2) is 41.2 Å². The van der Waals surface area contributed by atoms with E-state index in [1.807, 2.05) is 0 Å². The van der Waals surface area contributed by atoms with Crippen LogP contribution in [0.5, 0.6) is 0 Å². The number of carbonyl (C=O) groups is 2. The first-order chi connectivity index (χ1) is 13.0. The lowest BCUT2D eigenvalue weighted by molar-refractivity contribution is -0.146. The van der Waals surface area contributed by atoms with Crippen LogP contribution in [0.25, 0.3) is 0 Å². The molecule has 0 saturated carbocycles. The van der Waals surface area contributed by atoms with Crippen molar-refractivity contribution in [3.8, 4) is 0 Å². The Morgan fingerprint density at radius 3 is 2.81 bits per heavy atom. The van der Waals surface area contributed by atoms with Crippen molar-refractivity contribution in [3.63, 3.8) is 0 Å². The summed E-state index contributed by atoms with van der Waals surface area (Å²) in [7, 11) is 0. The first kappa shape index (κ1) is 17.7. The van der Waals surface area contributed by atoms with Crippen molar-refractivity contribution in [2.24, 2.45) is 5.41 Å². The van der Waals surface area contributed by atoms with Gasteiger partial charge in [-0.05, 0) is 31.4 Å². The van der Waals surface area contributed by atoms with E-state index in [4.69, 9.17) is 4.42 Å². The Hall–Kier alpha value is -2.70. The van der Waals surface area contributed by atoms with Crippen molar-refractivity contribution in [1.82, 2.24) is 9.80 Å². The number of halogens is 2. The van der Waals surface area contributed by atoms with Gasteiger partial charge in [-0.3, -0.25) is 9.59 Å². The van der Waals surface area contributed by atoms with Crippen LogP contribution in [0.4, 0.5) is 8.78 Å². The molecule has 2 amide bonds. The third kappa shape index (κ3) is 3.11. The van der Waals surface area contributed by atoms with E-state index in [1.54, 1.807) is 15.9 Å². The number of furan rings is 1. The number of hydrogen-bond acceptors (Lipinski definition) is 3. The summed E-state index contributed by atoms with van der Waals surface area (Å²) in [6.45, 7) is 1.39. The number of carbonyl (C=O) groups excluding carboxylic acids is 2. The van der Waals surface area contributed by atoms with Crippen molar-refractivity contribution in [2.75, 3.05) is 19.6 Å². The first-order valence-corrected chi connectivity index (χ1v) is 9.04. The second-order valence-corrected chi connectivity index (χ2v) is 7.31. The van der Waals surface area contributed by atoms with E-state index >= 15 is 0 Å². The average molecular weight is 374 g/mol. The fraction of sp³-hybridized carbons (Fsp3) is 0.400. The highest BCUT2D eigenvalue weighted by Gasteiger charge is 2.49. The minimum absolute atomic E-state index is 0.0415. The van der Waals surface area contributed by atoms with Gasteiger partial charge in [0.25, 0.3) is 5.91 Å². The summed E-state index contributed by atoms with van der Waals surface area (Å²) in [6.07, 6.45) is 4.90. The van der Waals surface area contributed by atoms with Gasteiger partial charge in [0, 0.05) is 31.7 Å². The predicted octanol–water partition coefficient (Wildman–Crippen LogP) is 3.21. The van der Waals surface area contributed by atoms with Crippen LogP contribution in [-0.2, 0) is 11.3 Å². The largest absolute Gasteiger partial charge is 0.472 e. The van der Waals surface area contributed by atoms with E-state index < -0.39 is 17.0 Å². The van der Waals surface area contributed by atoms with E-state index in [1.165, 1.54) is 24.7 Å². The maximum absolute atomic E-state index is 14.0. The highest BCUT2D eigenvalue weighted by Crippen LogP contribution is 2.41. The number of nitrogens with zero attached hydrogens (tertiary/aromatic N) is 2. The van der Waals surface area contributed by atoms with Gasteiger partial charge in [0.05, 0.1) is 17.2 Å². The normalized spacial score (nSPS) is 22.7. The molecule has 2 fully saturated rings. The maximum atomic E-state index is 14.0. The number of rotatable bonds is 3. The summed E-state index contributed by atoms with van der Waals surface area (Å²) in [6, 6.07) is 5.61. The van der Waals surface area contributed by atoms with E-state index in [2.05, 4.69) is 0 Å². The average Bonchev–Trinajstić information content (AvgIpc) is 3.33. The summed E-state index contributed by atoms with van der Waals surface area (Å²) in [5.74, 6) is -2.06. The predicted molar refractivity (Wildman–Crippen MR) is 92.7 cm³/mol. The Balaban J connectivity index is 1.50. The summed E-state index contributed by atoms with van der Waals surface area (Å²) in [5, 5.41) is 0. The second kappa shape index (κ2) is 6.79. The minimum Gasteiger partial charge on any atom is -0.472 e. The zero-order valence-electron chi connectivity index (χ0n) is 14.8. The van der Waals surface area contributed by atoms with Crippen LogP contribution in [-0.4, -0.2) is 41.2 Å². The van der Waals surface area contributed by atoms with Gasteiger partial charge in [-0.2, -0.15) is 0 Å². The molecule has 0 radical (unpaired) electrons. The Bertz CT molecular complexity index is 868. The van der Waals surface area contributed by atoms with Crippen LogP contribution in [0.2, 0.25) is 0 Å². The highest BCUT2D eigenvalue weighted by atomic mass is 19.2. The summed E-state index contributed by atoms with van der Waals surface area (Å²) < 4.78 is 32.4. The third-order valence-electron chi connectivity index (χ3n) is 5.63. The minimum atomic E-state index is -0.913. The van der Waals surface area contributed by atoms with Crippen molar-refractivity contribution >= 4 is 11.8 Å². The van der Waals surface area contributed by atoms with Crippen molar-refractivity contribution in [3.05, 3.63) is 59.6 Å². The second-order valence-electron chi connectivity index (χ2n) is 7.31. The highest BCUT2D eigenvalue weighted by molar-refractivity contribution is 5.95. The van der Waals surface area contributed by atoms with Crippen LogP contribution < -0.4 is 0 Å². The Morgan fingerprint density at radius 1 is 1.19 bits per heavy atom. The first-order valence-electron chi connectivity index (χ1n) is 9.04. The number of hydrogen-bond donors (Lipinski definition) is 0. The molecule has 2 aromatic rings. The topological polar surface area (TPSA) is 53.8 Å². The van der Waals surface area contributed by atoms with E-state index in [9.17, 15) is 18.4 Å². The number of amides is 2. The summed E-state index contributed by atoms with van der Waals surface area (Å²) in [5.41, 5.74) is 0.000253. The molecule has 142 valence electrons. The Labute approximate surface area is 155 Å². The quantitative estimate of drug-likeness (QED) is 0.829. The van der Waals surface area contributed by atoms with Gasteiger partial charge in [0.15, 0.2) is 11.6 Å². The molecule has 3 heterocycles. The Morgan fingerprint density at radius 2 is 2.04 bits per heavy atom. The number of benzene rings is 1. The van der Waals surface area contributed by atoms with Crippen molar-refractivity contribution in [1.29, 1.82) is 0 Å². The van der Waals surface area contributed by atoms with E-state index in [0.717, 1.165) is 12.5 Å². The van der Waals surface area contributed by atoms with Crippen LogP contribution >= 0.6 is 0 Å². The van der Waals surface area contributed by atoms with Gasteiger partial charge in [-0.15, -0.1) is 0 Å². The van der Waals surface area contributed by atoms with E-state index in [0.29, 0.717) is 38.0 Å². The molecule has 7 heteroatoms. The van der Waals surface area contributed by atoms with Crippen LogP contribution in [0.3, 0.4) is 0 Å². The molecule has 1 aromatic carbocycles. The molecular formula is C20H20F2N2O3. The lowest BCUT2D eigenvalue weighted by atomic mass is 9.78. The van der Waals surface area contributed by atoms with Gasteiger partial charge in [-0.25, -0.2) is 8.78 Å². The monoisotopic (exact) mass is 374 g/mol. The smallest absolute Gasteiger partial charge is 0.257 e. The fourth-order valence-electron chi connectivity index (χ4n) is 4.17. The SMILES string of the molecule is O=C(c1ccoc1)N1CC[C@@]2(CCCN(Cc3cccc(F)c3F)C2=O)C1. The number of piperidine rings is 1. The van der Waals surface area contributed by atoms with Gasteiger partial charge in [0.2, 0.25) is 5.91 Å². The summed E-state index contributed by atoms with van der Waals surface area (Å²) >= 11 is 0.